The van der Waals surface area contributed by atoms with Crippen molar-refractivity contribution in [3.8, 4) is 0 Å². The van der Waals surface area contributed by atoms with Crippen LogP contribution in [0.4, 0.5) is 5.69 Å². The van der Waals surface area contributed by atoms with E-state index in [-0.39, 0.29) is 11.8 Å². The van der Waals surface area contributed by atoms with E-state index in [4.69, 9.17) is 15.9 Å². The fourth-order valence-corrected chi connectivity index (χ4v) is 2.35. The van der Waals surface area contributed by atoms with E-state index in [9.17, 15) is 4.79 Å². The third-order valence-electron chi connectivity index (χ3n) is 3.93. The van der Waals surface area contributed by atoms with E-state index in [0.717, 1.165) is 18.7 Å². The number of benzene rings is 1. The van der Waals surface area contributed by atoms with Gasteiger partial charge < -0.3 is 21.1 Å². The van der Waals surface area contributed by atoms with Crippen LogP contribution in [0.1, 0.15) is 31.9 Å². The van der Waals surface area contributed by atoms with Crippen LogP contribution < -0.4 is 16.4 Å². The Balaban J connectivity index is 2.00. The highest BCUT2D eigenvalue weighted by Gasteiger charge is 2.16. The summed E-state index contributed by atoms with van der Waals surface area (Å²) in [6, 6.07) is 7.50. The monoisotopic (exact) mass is 316 g/mol. The van der Waals surface area contributed by atoms with Crippen LogP contribution in [0.3, 0.4) is 0 Å². The first-order valence-electron chi connectivity index (χ1n) is 7.80. The van der Waals surface area contributed by atoms with Gasteiger partial charge in [-0.3, -0.25) is 10.2 Å². The maximum absolute atomic E-state index is 12.1. The molecule has 124 valence electrons. The zero-order valence-electron chi connectivity index (χ0n) is 13.6. The minimum atomic E-state index is -0.456. The number of ether oxygens (including phenoxy) is 1. The summed E-state index contributed by atoms with van der Waals surface area (Å²) in [4.78, 5) is 12.1. The molecule has 1 aromatic carbocycles. The smallest absolute Gasteiger partial charge is 0.273 e. The first kappa shape index (κ1) is 17.2. The van der Waals surface area contributed by atoms with E-state index in [1.165, 1.54) is 0 Å². The van der Waals surface area contributed by atoms with Crippen molar-refractivity contribution in [2.75, 3.05) is 25.0 Å². The number of carbonyl (C=O) groups excluding carboxylic acids is 1. The van der Waals surface area contributed by atoms with Gasteiger partial charge in [-0.2, -0.15) is 0 Å². The molecule has 0 aliphatic carbocycles. The third kappa shape index (κ3) is 4.40. The summed E-state index contributed by atoms with van der Waals surface area (Å²) in [7, 11) is 0. The molecule has 0 radical (unpaired) electrons. The summed E-state index contributed by atoms with van der Waals surface area (Å²) < 4.78 is 5.69. The quantitative estimate of drug-likeness (QED) is 0.624. The molecule has 1 saturated heterocycles. The highest BCUT2D eigenvalue weighted by molar-refractivity contribution is 6.47. The Kier molecular flexibility index (Phi) is 5.90. The van der Waals surface area contributed by atoms with Crippen molar-refractivity contribution >= 4 is 17.3 Å². The van der Waals surface area contributed by atoms with E-state index < -0.39 is 5.91 Å². The van der Waals surface area contributed by atoms with Crippen LogP contribution in [0, 0.1) is 5.41 Å². The van der Waals surface area contributed by atoms with E-state index >= 15 is 0 Å². The van der Waals surface area contributed by atoms with E-state index in [2.05, 4.69) is 10.6 Å². The number of hydrogen-bond acceptors (Lipinski definition) is 5. The molecular weight excluding hydrogens is 292 g/mol. The molecule has 0 bridgehead atoms. The molecule has 1 aliphatic heterocycles. The predicted octanol–water partition coefficient (Wildman–Crippen LogP) is 1.95. The Hall–Kier alpha value is -2.18. The number of nitrogens with one attached hydrogen (secondary N) is 3. The summed E-state index contributed by atoms with van der Waals surface area (Å²) in [6.45, 7) is 5.95. The molecule has 1 heterocycles. The SMILES string of the molecule is CC/C(N)=C(\C)C(=N)C(=O)Nc1ccc([C@@H]2CNCCO2)cc1. The molecule has 5 N–H and O–H groups in total. The zero-order valence-corrected chi connectivity index (χ0v) is 13.6. The summed E-state index contributed by atoms with van der Waals surface area (Å²) >= 11 is 0. The normalized spacial score (nSPS) is 19.0. The van der Waals surface area contributed by atoms with E-state index in [1.54, 1.807) is 6.92 Å². The van der Waals surface area contributed by atoms with Crippen LogP contribution in [-0.2, 0) is 9.53 Å². The van der Waals surface area contributed by atoms with Gasteiger partial charge in [-0.25, -0.2) is 0 Å². The Morgan fingerprint density at radius 1 is 1.43 bits per heavy atom. The fourth-order valence-electron chi connectivity index (χ4n) is 2.35. The van der Waals surface area contributed by atoms with Gasteiger partial charge in [0.15, 0.2) is 0 Å². The lowest BCUT2D eigenvalue weighted by Gasteiger charge is -2.24. The number of amides is 1. The number of rotatable bonds is 5. The number of allylic oxidation sites excluding steroid dienone is 1. The molecule has 23 heavy (non-hydrogen) atoms. The van der Waals surface area contributed by atoms with Crippen molar-refractivity contribution in [2.45, 2.75) is 26.4 Å². The molecular formula is C17H24N4O2. The van der Waals surface area contributed by atoms with Gasteiger partial charge in [0, 0.05) is 24.5 Å². The highest BCUT2D eigenvalue weighted by atomic mass is 16.5. The first-order chi connectivity index (χ1) is 11.0. The van der Waals surface area contributed by atoms with Crippen molar-refractivity contribution in [3.05, 3.63) is 41.1 Å². The van der Waals surface area contributed by atoms with Gasteiger partial charge in [0.05, 0.1) is 12.7 Å². The lowest BCUT2D eigenvalue weighted by Crippen LogP contribution is -2.33. The third-order valence-corrected chi connectivity index (χ3v) is 3.93. The molecule has 1 aromatic rings. The minimum absolute atomic E-state index is 0.0429. The van der Waals surface area contributed by atoms with Crippen LogP contribution in [-0.4, -0.2) is 31.3 Å². The van der Waals surface area contributed by atoms with Crippen LogP contribution in [0.2, 0.25) is 0 Å². The minimum Gasteiger partial charge on any atom is -0.402 e. The second-order valence-electron chi connectivity index (χ2n) is 5.52. The molecule has 0 aromatic heterocycles. The number of carbonyl (C=O) groups is 1. The molecule has 2 rings (SSSR count). The average Bonchev–Trinajstić information content (AvgIpc) is 2.61. The number of nitrogens with two attached hydrogens (primary N) is 1. The molecule has 6 nitrogen and oxygen atoms in total. The fraction of sp³-hybridized carbons (Fsp3) is 0.412. The topological polar surface area (TPSA) is 100 Å². The van der Waals surface area contributed by atoms with Crippen molar-refractivity contribution in [1.82, 2.24) is 5.32 Å². The molecule has 0 spiro atoms. The zero-order chi connectivity index (χ0) is 16.8. The Morgan fingerprint density at radius 3 is 2.70 bits per heavy atom. The molecule has 1 fully saturated rings. The van der Waals surface area contributed by atoms with Crippen molar-refractivity contribution in [1.29, 1.82) is 5.41 Å². The van der Waals surface area contributed by atoms with Gasteiger partial charge in [0.25, 0.3) is 5.91 Å². The lowest BCUT2D eigenvalue weighted by molar-refractivity contribution is -0.110. The maximum Gasteiger partial charge on any atom is 0.273 e. The van der Waals surface area contributed by atoms with E-state index in [0.29, 0.717) is 30.0 Å². The van der Waals surface area contributed by atoms with Crippen molar-refractivity contribution < 1.29 is 9.53 Å². The molecule has 1 amide bonds. The van der Waals surface area contributed by atoms with Gasteiger partial charge in [-0.05, 0) is 36.6 Å². The Labute approximate surface area is 136 Å². The number of morpholine rings is 1. The second kappa shape index (κ2) is 7.89. The van der Waals surface area contributed by atoms with Gasteiger partial charge in [0.2, 0.25) is 0 Å². The number of anilines is 1. The van der Waals surface area contributed by atoms with Gasteiger partial charge >= 0.3 is 0 Å². The summed E-state index contributed by atoms with van der Waals surface area (Å²) in [5, 5.41) is 13.9. The standard InChI is InChI=1S/C17H24N4O2/c1-3-14(18)11(2)16(19)17(22)21-13-6-4-12(5-7-13)15-10-20-8-9-23-15/h4-7,15,19-20H,3,8-10,18H2,1-2H3,(H,21,22)/b14-11-,19-16?/t15-/m0/s1. The van der Waals surface area contributed by atoms with Crippen molar-refractivity contribution in [3.63, 3.8) is 0 Å². The van der Waals surface area contributed by atoms with Crippen molar-refractivity contribution in [2.24, 2.45) is 5.73 Å². The summed E-state index contributed by atoms with van der Waals surface area (Å²) in [5.41, 5.74) is 8.48. The Morgan fingerprint density at radius 2 is 2.13 bits per heavy atom. The van der Waals surface area contributed by atoms with Gasteiger partial charge in [-0.15, -0.1) is 0 Å². The summed E-state index contributed by atoms with van der Waals surface area (Å²) in [6.07, 6.45) is 0.660. The van der Waals surface area contributed by atoms with Crippen LogP contribution in [0.25, 0.3) is 0 Å². The Bertz CT molecular complexity index is 602. The van der Waals surface area contributed by atoms with Crippen LogP contribution in [0.15, 0.2) is 35.5 Å². The highest BCUT2D eigenvalue weighted by Crippen LogP contribution is 2.20. The molecule has 0 saturated carbocycles. The average molecular weight is 316 g/mol. The number of hydrogen-bond donors (Lipinski definition) is 4. The maximum atomic E-state index is 12.1. The largest absolute Gasteiger partial charge is 0.402 e. The van der Waals surface area contributed by atoms with Gasteiger partial charge in [-0.1, -0.05) is 19.1 Å². The summed E-state index contributed by atoms with van der Waals surface area (Å²) in [5.74, 6) is -0.456. The van der Waals surface area contributed by atoms with Crippen LogP contribution in [0.5, 0.6) is 0 Å². The van der Waals surface area contributed by atoms with E-state index in [1.807, 2.05) is 31.2 Å². The molecule has 1 atom stereocenters. The first-order valence-corrected chi connectivity index (χ1v) is 7.80. The molecule has 1 aliphatic rings. The van der Waals surface area contributed by atoms with Gasteiger partial charge in [0.1, 0.15) is 5.71 Å². The lowest BCUT2D eigenvalue weighted by atomic mass is 10.1. The molecule has 6 heteroatoms. The van der Waals surface area contributed by atoms with Crippen LogP contribution >= 0.6 is 0 Å². The second-order valence-corrected chi connectivity index (χ2v) is 5.52. The predicted molar refractivity (Wildman–Crippen MR) is 91.5 cm³/mol. The molecule has 0 unspecified atom stereocenters.